The fraction of sp³-hybridized carbons (Fsp3) is 1.00. The molecule has 0 aromatic heterocycles. The third-order valence-corrected chi connectivity index (χ3v) is 1.28. The van der Waals surface area contributed by atoms with E-state index in [1.165, 1.54) is 0 Å². The Morgan fingerprint density at radius 1 is 1.40 bits per heavy atom. The Hall–Kier alpha value is -0.230. The van der Waals surface area contributed by atoms with E-state index < -0.39 is 29.6 Å². The van der Waals surface area contributed by atoms with E-state index in [2.05, 4.69) is 4.18 Å². The van der Waals surface area contributed by atoms with Crippen LogP contribution in [0.5, 0.6) is 0 Å². The quantitative estimate of drug-likeness (QED) is 0.574. The van der Waals surface area contributed by atoms with E-state index in [9.17, 15) is 17.2 Å². The van der Waals surface area contributed by atoms with Crippen molar-refractivity contribution in [3.05, 3.63) is 0 Å². The Labute approximate surface area is 58.1 Å². The first-order valence-electron chi connectivity index (χ1n) is 2.49. The Kier molecular flexibility index (Phi) is 3.73. The van der Waals surface area contributed by atoms with Gasteiger partial charge in [0.15, 0.2) is 0 Å². The van der Waals surface area contributed by atoms with Gasteiger partial charge in [-0.2, -0.15) is 8.42 Å². The summed E-state index contributed by atoms with van der Waals surface area (Å²) in [6.07, 6.45) is -0.735. The second kappa shape index (κ2) is 3.82. The fourth-order valence-electron chi connectivity index (χ4n) is 0.340. The van der Waals surface area contributed by atoms with Crippen molar-refractivity contribution in [1.82, 2.24) is 0 Å². The highest BCUT2D eigenvalue weighted by atomic mass is 32.2. The largest absolute Gasteiger partial charge is 0.264 e. The molecule has 0 atom stereocenters. The Bertz CT molecular complexity index is 173. The summed E-state index contributed by atoms with van der Waals surface area (Å²) < 4.78 is 47.5. The number of hydrogen-bond acceptors (Lipinski definition) is 3. The molecule has 62 valence electrons. The topological polar surface area (TPSA) is 43.4 Å². The number of halogens is 2. The second-order valence-corrected chi connectivity index (χ2v) is 3.33. The standard InChI is InChI=1S/C4H8F2O3S/c1-10(7,8)9-4(2-5)3-6/h4H,2-3H2,1H3. The van der Waals surface area contributed by atoms with Gasteiger partial charge in [-0.1, -0.05) is 0 Å². The molecule has 0 saturated carbocycles. The highest BCUT2D eigenvalue weighted by Crippen LogP contribution is 1.98. The summed E-state index contributed by atoms with van der Waals surface area (Å²) in [4.78, 5) is 0. The molecule has 0 aromatic rings. The number of rotatable bonds is 4. The van der Waals surface area contributed by atoms with Crippen molar-refractivity contribution in [2.75, 3.05) is 19.6 Å². The van der Waals surface area contributed by atoms with Gasteiger partial charge in [0.1, 0.15) is 19.5 Å². The molecule has 0 aliphatic heterocycles. The molecule has 0 heterocycles. The lowest BCUT2D eigenvalue weighted by molar-refractivity contribution is 0.141. The first-order valence-corrected chi connectivity index (χ1v) is 4.31. The van der Waals surface area contributed by atoms with Crippen molar-refractivity contribution in [3.8, 4) is 0 Å². The van der Waals surface area contributed by atoms with Crippen LogP contribution in [0.2, 0.25) is 0 Å². The van der Waals surface area contributed by atoms with E-state index in [4.69, 9.17) is 0 Å². The smallest absolute Gasteiger partial charge is 0.261 e. The molecule has 10 heavy (non-hydrogen) atoms. The molecule has 0 fully saturated rings. The van der Waals surface area contributed by atoms with Gasteiger partial charge in [-0.25, -0.2) is 8.78 Å². The van der Waals surface area contributed by atoms with E-state index in [1.54, 1.807) is 0 Å². The van der Waals surface area contributed by atoms with E-state index in [0.29, 0.717) is 0 Å². The number of alkyl halides is 2. The van der Waals surface area contributed by atoms with Crippen molar-refractivity contribution in [3.63, 3.8) is 0 Å². The molecule has 0 rings (SSSR count). The molecule has 6 heteroatoms. The Morgan fingerprint density at radius 3 is 1.90 bits per heavy atom. The van der Waals surface area contributed by atoms with Crippen molar-refractivity contribution in [2.45, 2.75) is 6.10 Å². The maximum Gasteiger partial charge on any atom is 0.264 e. The van der Waals surface area contributed by atoms with Gasteiger partial charge in [-0.15, -0.1) is 0 Å². The third kappa shape index (κ3) is 4.63. The van der Waals surface area contributed by atoms with E-state index >= 15 is 0 Å². The van der Waals surface area contributed by atoms with Gasteiger partial charge in [0, 0.05) is 0 Å². The van der Waals surface area contributed by atoms with Gasteiger partial charge in [-0.3, -0.25) is 4.18 Å². The van der Waals surface area contributed by atoms with Crippen molar-refractivity contribution in [1.29, 1.82) is 0 Å². The van der Waals surface area contributed by atoms with Crippen LogP contribution < -0.4 is 0 Å². The zero-order valence-corrected chi connectivity index (χ0v) is 6.20. The van der Waals surface area contributed by atoms with Crippen molar-refractivity contribution in [2.24, 2.45) is 0 Å². The molecule has 0 N–H and O–H groups in total. The molecular weight excluding hydrogens is 166 g/mol. The zero-order valence-electron chi connectivity index (χ0n) is 5.38. The highest BCUT2D eigenvalue weighted by Gasteiger charge is 2.14. The van der Waals surface area contributed by atoms with Crippen LogP contribution in [-0.4, -0.2) is 34.1 Å². The molecule has 3 nitrogen and oxygen atoms in total. The highest BCUT2D eigenvalue weighted by molar-refractivity contribution is 7.86. The van der Waals surface area contributed by atoms with Crippen LogP contribution in [0.25, 0.3) is 0 Å². The summed E-state index contributed by atoms with van der Waals surface area (Å²) >= 11 is 0. The van der Waals surface area contributed by atoms with Crippen LogP contribution in [0.1, 0.15) is 0 Å². The van der Waals surface area contributed by atoms with Crippen LogP contribution in [0.3, 0.4) is 0 Å². The van der Waals surface area contributed by atoms with Crippen molar-refractivity contribution < 1.29 is 21.4 Å². The van der Waals surface area contributed by atoms with Crippen LogP contribution in [0, 0.1) is 0 Å². The normalized spacial score (nSPS) is 12.4. The Morgan fingerprint density at radius 2 is 1.80 bits per heavy atom. The lowest BCUT2D eigenvalue weighted by Crippen LogP contribution is -2.21. The molecule has 0 amide bonds. The monoisotopic (exact) mass is 174 g/mol. The van der Waals surface area contributed by atoms with Crippen LogP contribution in [0.4, 0.5) is 8.78 Å². The minimum atomic E-state index is -3.73. The predicted molar refractivity (Wildman–Crippen MR) is 31.7 cm³/mol. The summed E-state index contributed by atoms with van der Waals surface area (Å²) in [5.74, 6) is 0. The molecule has 0 radical (unpaired) electrons. The van der Waals surface area contributed by atoms with Gasteiger partial charge < -0.3 is 0 Å². The SMILES string of the molecule is CS(=O)(=O)OC(CF)CF. The molecular formula is C4H8F2O3S. The van der Waals surface area contributed by atoms with Gasteiger partial charge in [0.05, 0.1) is 6.26 Å². The van der Waals surface area contributed by atoms with Gasteiger partial charge in [0.25, 0.3) is 10.1 Å². The Balaban J connectivity index is 3.87. The van der Waals surface area contributed by atoms with E-state index in [0.717, 1.165) is 6.26 Å². The minimum Gasteiger partial charge on any atom is -0.261 e. The summed E-state index contributed by atoms with van der Waals surface area (Å²) in [5.41, 5.74) is 0. The van der Waals surface area contributed by atoms with Crippen LogP contribution in [-0.2, 0) is 14.3 Å². The maximum absolute atomic E-state index is 11.6. The van der Waals surface area contributed by atoms with Gasteiger partial charge in [-0.05, 0) is 0 Å². The first kappa shape index (κ1) is 9.77. The van der Waals surface area contributed by atoms with E-state index in [1.807, 2.05) is 0 Å². The van der Waals surface area contributed by atoms with Crippen LogP contribution in [0.15, 0.2) is 0 Å². The van der Waals surface area contributed by atoms with E-state index in [-0.39, 0.29) is 0 Å². The third-order valence-electron chi connectivity index (χ3n) is 0.655. The summed E-state index contributed by atoms with van der Waals surface area (Å²) in [6, 6.07) is 0. The molecule has 0 spiro atoms. The molecule has 0 aliphatic rings. The van der Waals surface area contributed by atoms with Gasteiger partial charge in [0.2, 0.25) is 0 Å². The van der Waals surface area contributed by atoms with Crippen molar-refractivity contribution >= 4 is 10.1 Å². The first-order chi connectivity index (χ1) is 4.49. The summed E-state index contributed by atoms with van der Waals surface area (Å²) in [7, 11) is -3.73. The van der Waals surface area contributed by atoms with Gasteiger partial charge >= 0.3 is 0 Å². The summed E-state index contributed by atoms with van der Waals surface area (Å²) in [6.45, 7) is -2.27. The fourth-order valence-corrected chi connectivity index (χ4v) is 0.937. The molecule has 0 aromatic carbocycles. The maximum atomic E-state index is 11.6. The average Bonchev–Trinajstić information content (AvgIpc) is 1.81. The second-order valence-electron chi connectivity index (χ2n) is 1.73. The predicted octanol–water partition coefficient (Wildman–Crippen LogP) is 0.270. The lowest BCUT2D eigenvalue weighted by atomic mass is 10.4. The average molecular weight is 174 g/mol. The number of hydrogen-bond donors (Lipinski definition) is 0. The minimum absolute atomic E-state index is 0.741. The zero-order chi connectivity index (χ0) is 8.20. The lowest BCUT2D eigenvalue weighted by Gasteiger charge is -2.06. The summed E-state index contributed by atoms with van der Waals surface area (Å²) in [5, 5.41) is 0. The van der Waals surface area contributed by atoms with Crippen LogP contribution >= 0.6 is 0 Å². The molecule has 0 aliphatic carbocycles. The molecule has 0 saturated heterocycles. The molecule has 0 bridgehead atoms. The molecule has 0 unspecified atom stereocenters.